The minimum atomic E-state index is 0.243. The zero-order valence-electron chi connectivity index (χ0n) is 9.78. The molecule has 3 nitrogen and oxygen atoms in total. The molecule has 0 N–H and O–H groups in total. The minimum Gasteiger partial charge on any atom is -0.248 e. The summed E-state index contributed by atoms with van der Waals surface area (Å²) in [4.78, 5) is 0.243. The van der Waals surface area contributed by atoms with E-state index in [0.717, 1.165) is 17.7 Å². The van der Waals surface area contributed by atoms with Crippen LogP contribution < -0.4 is 0 Å². The number of hydrogen-bond acceptors (Lipinski definition) is 2. The highest BCUT2D eigenvalue weighted by Crippen LogP contribution is 2.24. The van der Waals surface area contributed by atoms with E-state index in [-0.39, 0.29) is 4.83 Å². The van der Waals surface area contributed by atoms with Crippen LogP contribution in [0.1, 0.15) is 29.4 Å². The van der Waals surface area contributed by atoms with Gasteiger partial charge in [0, 0.05) is 16.2 Å². The van der Waals surface area contributed by atoms with Crippen LogP contribution in [0, 0.1) is 0 Å². The van der Waals surface area contributed by atoms with E-state index in [4.69, 9.17) is 23.2 Å². The molecule has 0 bridgehead atoms. The summed E-state index contributed by atoms with van der Waals surface area (Å²) in [5.41, 5.74) is 1.91. The molecule has 0 fully saturated rings. The van der Waals surface area contributed by atoms with E-state index >= 15 is 0 Å². The summed E-state index contributed by atoms with van der Waals surface area (Å²) in [6.07, 6.45) is 2.90. The lowest BCUT2D eigenvalue weighted by Gasteiger charge is -2.04. The van der Waals surface area contributed by atoms with Crippen molar-refractivity contribution in [3.63, 3.8) is 0 Å². The summed E-state index contributed by atoms with van der Waals surface area (Å²) in [6, 6.07) is 5.45. The van der Waals surface area contributed by atoms with Crippen molar-refractivity contribution in [3.05, 3.63) is 45.7 Å². The fourth-order valence-electron chi connectivity index (χ4n) is 1.57. The van der Waals surface area contributed by atoms with Crippen LogP contribution in [0.4, 0.5) is 0 Å². The number of hydrogen-bond donors (Lipinski definition) is 0. The number of aromatic nitrogens is 3. The zero-order chi connectivity index (χ0) is 13.1. The van der Waals surface area contributed by atoms with Gasteiger partial charge in [0.05, 0.1) is 17.1 Å². The molecule has 0 aliphatic carbocycles. The number of benzene rings is 1. The molecule has 1 aromatic carbocycles. The molecular weight excluding hydrogens is 337 g/mol. The first-order chi connectivity index (χ1) is 8.60. The van der Waals surface area contributed by atoms with Crippen molar-refractivity contribution in [1.29, 1.82) is 0 Å². The van der Waals surface area contributed by atoms with Crippen molar-refractivity contribution in [1.82, 2.24) is 15.0 Å². The second-order valence-corrected chi connectivity index (χ2v) is 5.90. The minimum absolute atomic E-state index is 0.243. The molecule has 2 aromatic rings. The van der Waals surface area contributed by atoms with Gasteiger partial charge in [-0.1, -0.05) is 57.3 Å². The van der Waals surface area contributed by atoms with Crippen LogP contribution in [0.2, 0.25) is 10.0 Å². The Morgan fingerprint density at radius 1 is 1.39 bits per heavy atom. The van der Waals surface area contributed by atoms with Crippen molar-refractivity contribution in [2.75, 3.05) is 0 Å². The normalized spacial score (nSPS) is 12.7. The number of halogens is 3. The second-order valence-electron chi connectivity index (χ2n) is 3.95. The van der Waals surface area contributed by atoms with Gasteiger partial charge >= 0.3 is 0 Å². The Labute approximate surface area is 124 Å². The molecule has 18 heavy (non-hydrogen) atoms. The Morgan fingerprint density at radius 3 is 2.83 bits per heavy atom. The molecule has 96 valence electrons. The van der Waals surface area contributed by atoms with Crippen LogP contribution in [0.15, 0.2) is 24.4 Å². The molecule has 0 saturated carbocycles. The van der Waals surface area contributed by atoms with Gasteiger partial charge in [0.1, 0.15) is 0 Å². The van der Waals surface area contributed by atoms with E-state index in [2.05, 4.69) is 33.2 Å². The van der Waals surface area contributed by atoms with Crippen molar-refractivity contribution in [2.45, 2.75) is 24.7 Å². The lowest BCUT2D eigenvalue weighted by Crippen LogP contribution is -2.01. The van der Waals surface area contributed by atoms with Crippen LogP contribution >= 0.6 is 39.1 Å². The molecule has 1 unspecified atom stereocenters. The summed E-state index contributed by atoms with van der Waals surface area (Å²) in [5.74, 6) is 0. The molecular formula is C12H12BrCl2N3. The SMILES string of the molecule is CCC(Br)c1cn(Cc2ccc(Cl)cc2Cl)nn1. The highest BCUT2D eigenvalue weighted by molar-refractivity contribution is 9.09. The van der Waals surface area contributed by atoms with Gasteiger partial charge in [-0.15, -0.1) is 5.10 Å². The quantitative estimate of drug-likeness (QED) is 0.762. The summed E-state index contributed by atoms with van der Waals surface area (Å²) in [7, 11) is 0. The maximum Gasteiger partial charge on any atom is 0.0963 e. The van der Waals surface area contributed by atoms with Crippen LogP contribution in [0.5, 0.6) is 0 Å². The smallest absolute Gasteiger partial charge is 0.0963 e. The molecule has 2 rings (SSSR count). The topological polar surface area (TPSA) is 30.7 Å². The van der Waals surface area contributed by atoms with E-state index in [9.17, 15) is 0 Å². The summed E-state index contributed by atoms with van der Waals surface area (Å²) < 4.78 is 1.77. The number of rotatable bonds is 4. The van der Waals surface area contributed by atoms with Crippen molar-refractivity contribution in [2.24, 2.45) is 0 Å². The molecule has 0 radical (unpaired) electrons. The lowest BCUT2D eigenvalue weighted by atomic mass is 10.2. The predicted octanol–water partition coefficient (Wildman–Crippen LogP) is 4.48. The maximum absolute atomic E-state index is 6.12. The van der Waals surface area contributed by atoms with Crippen molar-refractivity contribution < 1.29 is 0 Å². The van der Waals surface area contributed by atoms with Crippen LogP contribution in [-0.4, -0.2) is 15.0 Å². The van der Waals surface area contributed by atoms with Gasteiger partial charge in [-0.3, -0.25) is 0 Å². The van der Waals surface area contributed by atoms with Crippen LogP contribution in [0.3, 0.4) is 0 Å². The first kappa shape index (κ1) is 13.8. The third-order valence-corrected chi connectivity index (χ3v) is 4.29. The van der Waals surface area contributed by atoms with E-state index < -0.39 is 0 Å². The molecule has 0 aliphatic heterocycles. The van der Waals surface area contributed by atoms with Crippen LogP contribution in [0.25, 0.3) is 0 Å². The predicted molar refractivity (Wildman–Crippen MR) is 77.5 cm³/mol. The Kier molecular flexibility index (Phi) is 4.65. The van der Waals surface area contributed by atoms with Gasteiger partial charge in [-0.2, -0.15) is 0 Å². The standard InChI is InChI=1S/C12H12BrCl2N3/c1-2-10(13)12-7-18(17-16-12)6-8-3-4-9(14)5-11(8)15/h3-5,7,10H,2,6H2,1H3. The molecule has 1 heterocycles. The van der Waals surface area contributed by atoms with E-state index in [0.29, 0.717) is 16.6 Å². The second kappa shape index (κ2) is 6.04. The van der Waals surface area contributed by atoms with Gasteiger partial charge in [-0.05, 0) is 24.1 Å². The van der Waals surface area contributed by atoms with Crippen molar-refractivity contribution in [3.8, 4) is 0 Å². The third kappa shape index (κ3) is 3.25. The monoisotopic (exact) mass is 347 g/mol. The molecule has 1 atom stereocenters. The van der Waals surface area contributed by atoms with E-state index in [1.165, 1.54) is 0 Å². The lowest BCUT2D eigenvalue weighted by molar-refractivity contribution is 0.649. The maximum atomic E-state index is 6.12. The van der Waals surface area contributed by atoms with E-state index in [1.54, 1.807) is 10.7 Å². The van der Waals surface area contributed by atoms with Gasteiger partial charge < -0.3 is 0 Å². The Bertz CT molecular complexity index is 542. The molecule has 0 spiro atoms. The molecule has 1 aromatic heterocycles. The molecule has 0 aliphatic rings. The first-order valence-corrected chi connectivity index (χ1v) is 7.25. The van der Waals surface area contributed by atoms with Crippen LogP contribution in [-0.2, 0) is 6.54 Å². The Morgan fingerprint density at radius 2 is 2.17 bits per heavy atom. The molecule has 6 heteroatoms. The molecule has 0 amide bonds. The number of nitrogens with zero attached hydrogens (tertiary/aromatic N) is 3. The van der Waals surface area contributed by atoms with Crippen molar-refractivity contribution >= 4 is 39.1 Å². The highest BCUT2D eigenvalue weighted by Gasteiger charge is 2.10. The average Bonchev–Trinajstić information content (AvgIpc) is 2.80. The van der Waals surface area contributed by atoms with Gasteiger partial charge in [-0.25, -0.2) is 4.68 Å². The zero-order valence-corrected chi connectivity index (χ0v) is 12.9. The fraction of sp³-hybridized carbons (Fsp3) is 0.333. The highest BCUT2D eigenvalue weighted by atomic mass is 79.9. The fourth-order valence-corrected chi connectivity index (χ4v) is 2.25. The van der Waals surface area contributed by atoms with Gasteiger partial charge in [0.15, 0.2) is 0 Å². The summed E-state index contributed by atoms with van der Waals surface area (Å²) in [6.45, 7) is 2.68. The average molecular weight is 349 g/mol. The van der Waals surface area contributed by atoms with Gasteiger partial charge in [0.25, 0.3) is 0 Å². The number of alkyl halides is 1. The van der Waals surface area contributed by atoms with Gasteiger partial charge in [0.2, 0.25) is 0 Å². The Balaban J connectivity index is 2.16. The van der Waals surface area contributed by atoms with E-state index in [1.807, 2.05) is 18.3 Å². The third-order valence-electron chi connectivity index (χ3n) is 2.58. The Hall–Kier alpha value is -0.580. The first-order valence-electron chi connectivity index (χ1n) is 5.58. The molecule has 0 saturated heterocycles. The summed E-state index contributed by atoms with van der Waals surface area (Å²) in [5, 5.41) is 9.49. The summed E-state index contributed by atoms with van der Waals surface area (Å²) >= 11 is 15.5. The largest absolute Gasteiger partial charge is 0.248 e.